The van der Waals surface area contributed by atoms with E-state index in [1.54, 1.807) is 0 Å². The lowest BCUT2D eigenvalue weighted by atomic mass is 10.1. The van der Waals surface area contributed by atoms with Crippen molar-refractivity contribution in [1.29, 1.82) is 0 Å². The van der Waals surface area contributed by atoms with E-state index in [0.29, 0.717) is 13.1 Å². The second-order valence-electron chi connectivity index (χ2n) is 3.75. The van der Waals surface area contributed by atoms with E-state index < -0.39 is 5.97 Å². The maximum absolute atomic E-state index is 10.5. The molecule has 4 heteroatoms. The van der Waals surface area contributed by atoms with Crippen LogP contribution in [0, 0.1) is 0 Å². The molecular formula is C12H14N2O2. The number of fused-ring (bicyclic) bond motifs is 1. The maximum Gasteiger partial charge on any atom is 0.305 e. The van der Waals surface area contributed by atoms with Crippen LogP contribution in [0.1, 0.15) is 12.0 Å². The average molecular weight is 218 g/mol. The summed E-state index contributed by atoms with van der Waals surface area (Å²) >= 11 is 0. The quantitative estimate of drug-likeness (QED) is 0.818. The van der Waals surface area contributed by atoms with E-state index in [0.717, 1.165) is 16.5 Å². The third-order valence-corrected chi connectivity index (χ3v) is 2.64. The molecule has 4 nitrogen and oxygen atoms in total. The number of aliphatic carboxylic acids is 1. The Morgan fingerprint density at radius 1 is 1.38 bits per heavy atom. The van der Waals surface area contributed by atoms with Gasteiger partial charge in [0.05, 0.1) is 6.42 Å². The lowest BCUT2D eigenvalue weighted by molar-refractivity contribution is -0.137. The van der Waals surface area contributed by atoms with Gasteiger partial charge in [0.2, 0.25) is 0 Å². The minimum atomic E-state index is -0.781. The molecule has 0 fully saturated rings. The molecule has 0 aliphatic rings. The first-order chi connectivity index (χ1) is 7.70. The van der Waals surface area contributed by atoms with Gasteiger partial charge in [0.1, 0.15) is 0 Å². The van der Waals surface area contributed by atoms with Crippen LogP contribution in [0.15, 0.2) is 30.5 Å². The Labute approximate surface area is 93.3 Å². The van der Waals surface area contributed by atoms with Gasteiger partial charge in [0.15, 0.2) is 0 Å². The topological polar surface area (TPSA) is 68.2 Å². The molecule has 0 aliphatic heterocycles. The number of benzene rings is 1. The molecule has 0 atom stereocenters. The minimum Gasteiger partial charge on any atom is -0.481 e. The van der Waals surface area contributed by atoms with E-state index in [1.807, 2.05) is 35.0 Å². The van der Waals surface area contributed by atoms with E-state index in [-0.39, 0.29) is 6.42 Å². The highest BCUT2D eigenvalue weighted by Crippen LogP contribution is 2.17. The van der Waals surface area contributed by atoms with E-state index in [9.17, 15) is 4.79 Å². The van der Waals surface area contributed by atoms with E-state index >= 15 is 0 Å². The van der Waals surface area contributed by atoms with Crippen molar-refractivity contribution in [2.24, 2.45) is 5.73 Å². The number of hydrogen-bond donors (Lipinski definition) is 2. The Morgan fingerprint density at radius 2 is 2.19 bits per heavy atom. The largest absolute Gasteiger partial charge is 0.481 e. The summed E-state index contributed by atoms with van der Waals surface area (Å²) in [5.41, 5.74) is 7.68. The fourth-order valence-corrected chi connectivity index (χ4v) is 1.77. The van der Waals surface area contributed by atoms with Gasteiger partial charge in [-0.15, -0.1) is 0 Å². The first kappa shape index (κ1) is 10.7. The van der Waals surface area contributed by atoms with Crippen LogP contribution in [-0.2, 0) is 17.9 Å². The fourth-order valence-electron chi connectivity index (χ4n) is 1.77. The van der Waals surface area contributed by atoms with Crippen molar-refractivity contribution >= 4 is 16.9 Å². The van der Waals surface area contributed by atoms with Crippen molar-refractivity contribution in [1.82, 2.24) is 4.57 Å². The van der Waals surface area contributed by atoms with Crippen molar-refractivity contribution in [2.75, 3.05) is 0 Å². The molecule has 0 bridgehead atoms. The number of nitrogens with two attached hydrogens (primary N) is 1. The smallest absolute Gasteiger partial charge is 0.305 e. The fraction of sp³-hybridized carbons (Fsp3) is 0.250. The van der Waals surface area contributed by atoms with Gasteiger partial charge in [-0.3, -0.25) is 4.79 Å². The van der Waals surface area contributed by atoms with E-state index in [1.165, 1.54) is 0 Å². The number of nitrogens with zero attached hydrogens (tertiary/aromatic N) is 1. The number of carbonyl (C=O) groups is 1. The number of aryl methyl sites for hydroxylation is 1. The Morgan fingerprint density at radius 3 is 2.88 bits per heavy atom. The molecule has 0 saturated carbocycles. The van der Waals surface area contributed by atoms with Gasteiger partial charge < -0.3 is 15.4 Å². The highest BCUT2D eigenvalue weighted by molar-refractivity contribution is 5.81. The van der Waals surface area contributed by atoms with Gasteiger partial charge in [0, 0.05) is 24.8 Å². The number of carboxylic acid groups (broad SMARTS) is 1. The molecule has 2 aromatic rings. The zero-order valence-corrected chi connectivity index (χ0v) is 8.89. The van der Waals surface area contributed by atoms with Crippen LogP contribution >= 0.6 is 0 Å². The Kier molecular flexibility index (Phi) is 2.92. The normalized spacial score (nSPS) is 10.8. The molecule has 0 aliphatic carbocycles. The highest BCUT2D eigenvalue weighted by Gasteiger charge is 2.03. The highest BCUT2D eigenvalue weighted by atomic mass is 16.4. The Hall–Kier alpha value is -1.81. The van der Waals surface area contributed by atoms with E-state index in [2.05, 4.69) is 0 Å². The molecule has 1 aromatic carbocycles. The summed E-state index contributed by atoms with van der Waals surface area (Å²) in [5.74, 6) is -0.781. The molecule has 3 N–H and O–H groups in total. The molecule has 0 amide bonds. The predicted molar refractivity (Wildman–Crippen MR) is 62.1 cm³/mol. The molecule has 0 radical (unpaired) electrons. The van der Waals surface area contributed by atoms with Crippen LogP contribution in [0.2, 0.25) is 0 Å². The zero-order valence-electron chi connectivity index (χ0n) is 8.89. The molecule has 84 valence electrons. The predicted octanol–water partition coefficient (Wildman–Crippen LogP) is 1.57. The number of aromatic nitrogens is 1. The van der Waals surface area contributed by atoms with Crippen LogP contribution in [0.3, 0.4) is 0 Å². The van der Waals surface area contributed by atoms with Gasteiger partial charge in [-0.25, -0.2) is 0 Å². The van der Waals surface area contributed by atoms with Crippen LogP contribution in [-0.4, -0.2) is 15.6 Å². The van der Waals surface area contributed by atoms with Crippen molar-refractivity contribution in [3.05, 3.63) is 36.0 Å². The zero-order chi connectivity index (χ0) is 11.5. The summed E-state index contributed by atoms with van der Waals surface area (Å²) in [6.07, 6.45) is 2.05. The van der Waals surface area contributed by atoms with Crippen molar-refractivity contribution < 1.29 is 9.90 Å². The van der Waals surface area contributed by atoms with Gasteiger partial charge in [-0.2, -0.15) is 0 Å². The van der Waals surface area contributed by atoms with Crippen LogP contribution in [0.25, 0.3) is 10.9 Å². The maximum atomic E-state index is 10.5. The van der Waals surface area contributed by atoms with Crippen molar-refractivity contribution in [2.45, 2.75) is 19.5 Å². The number of rotatable bonds is 4. The molecular weight excluding hydrogens is 204 g/mol. The molecule has 0 spiro atoms. The molecule has 1 aromatic heterocycles. The van der Waals surface area contributed by atoms with Gasteiger partial charge in [0.25, 0.3) is 0 Å². The summed E-state index contributed by atoms with van der Waals surface area (Å²) in [6.45, 7) is 0.993. The lowest BCUT2D eigenvalue weighted by Gasteiger charge is -2.04. The molecule has 16 heavy (non-hydrogen) atoms. The average Bonchev–Trinajstić information content (AvgIpc) is 2.68. The molecule has 0 saturated heterocycles. The summed E-state index contributed by atoms with van der Waals surface area (Å²) in [6, 6.07) is 7.99. The van der Waals surface area contributed by atoms with Crippen molar-refractivity contribution in [3.63, 3.8) is 0 Å². The lowest BCUT2D eigenvalue weighted by Crippen LogP contribution is -2.03. The molecule has 0 unspecified atom stereocenters. The summed E-state index contributed by atoms with van der Waals surface area (Å²) in [4.78, 5) is 10.5. The number of hydrogen-bond acceptors (Lipinski definition) is 2. The Bertz CT molecular complexity index is 517. The standard InChI is InChI=1S/C12H14N2O2/c13-8-9-1-2-10-3-5-14(11(10)7-9)6-4-12(15)16/h1-3,5,7H,4,6,8,13H2,(H,15,16). The summed E-state index contributed by atoms with van der Waals surface area (Å²) < 4.78 is 1.95. The second kappa shape index (κ2) is 4.37. The monoisotopic (exact) mass is 218 g/mol. The SMILES string of the molecule is NCc1ccc2ccn(CCC(=O)O)c2c1. The van der Waals surface area contributed by atoms with Crippen molar-refractivity contribution in [3.8, 4) is 0 Å². The van der Waals surface area contributed by atoms with Crippen LogP contribution < -0.4 is 5.73 Å². The van der Waals surface area contributed by atoms with Crippen LogP contribution in [0.4, 0.5) is 0 Å². The van der Waals surface area contributed by atoms with Gasteiger partial charge in [-0.1, -0.05) is 12.1 Å². The molecule has 1 heterocycles. The van der Waals surface area contributed by atoms with Gasteiger partial charge >= 0.3 is 5.97 Å². The third kappa shape index (κ3) is 2.06. The summed E-state index contributed by atoms with van der Waals surface area (Å²) in [5, 5.41) is 9.77. The second-order valence-corrected chi connectivity index (χ2v) is 3.75. The molecule has 2 rings (SSSR count). The first-order valence-corrected chi connectivity index (χ1v) is 5.20. The third-order valence-electron chi connectivity index (χ3n) is 2.64. The minimum absolute atomic E-state index is 0.136. The summed E-state index contributed by atoms with van der Waals surface area (Å²) in [7, 11) is 0. The number of carboxylic acids is 1. The van der Waals surface area contributed by atoms with E-state index in [4.69, 9.17) is 10.8 Å². The van der Waals surface area contributed by atoms with Crippen LogP contribution in [0.5, 0.6) is 0 Å². The van der Waals surface area contributed by atoms with Gasteiger partial charge in [-0.05, 0) is 23.1 Å². The first-order valence-electron chi connectivity index (χ1n) is 5.20. The Balaban J connectivity index is 2.34.